The number of hydrogen-bond acceptors (Lipinski definition) is 2. The number of hydrogen-bond donors (Lipinski definition) is 1. The molecule has 21 heavy (non-hydrogen) atoms. The third-order valence-electron chi connectivity index (χ3n) is 4.08. The molecular formula is C18H29FN2. The number of piperidine rings is 1. The van der Waals surface area contributed by atoms with Gasteiger partial charge < -0.3 is 10.2 Å². The molecule has 2 atom stereocenters. The SMILES string of the molecule is CN1CC(Cc2ccc(F)cc2)CC(NCC(C)(C)C)C1. The zero-order valence-electron chi connectivity index (χ0n) is 13.8. The molecule has 1 fully saturated rings. The smallest absolute Gasteiger partial charge is 0.123 e. The lowest BCUT2D eigenvalue weighted by Crippen LogP contribution is -2.49. The highest BCUT2D eigenvalue weighted by Crippen LogP contribution is 2.21. The van der Waals surface area contributed by atoms with E-state index in [9.17, 15) is 4.39 Å². The molecule has 0 aliphatic carbocycles. The van der Waals surface area contributed by atoms with Crippen LogP contribution >= 0.6 is 0 Å². The lowest BCUT2D eigenvalue weighted by Gasteiger charge is -2.37. The van der Waals surface area contributed by atoms with Crippen molar-refractivity contribution in [2.75, 3.05) is 26.7 Å². The molecule has 0 spiro atoms. The maximum Gasteiger partial charge on any atom is 0.123 e. The van der Waals surface area contributed by atoms with Gasteiger partial charge in [-0.05, 0) is 48.9 Å². The standard InChI is InChI=1S/C18H29FN2/c1-18(2,3)13-20-17-10-15(11-21(4)12-17)9-14-5-7-16(19)8-6-14/h5-8,15,17,20H,9-13H2,1-4H3. The summed E-state index contributed by atoms with van der Waals surface area (Å²) in [6.07, 6.45) is 2.25. The van der Waals surface area contributed by atoms with E-state index in [0.717, 1.165) is 26.1 Å². The topological polar surface area (TPSA) is 15.3 Å². The van der Waals surface area contributed by atoms with Gasteiger partial charge in [0.15, 0.2) is 0 Å². The van der Waals surface area contributed by atoms with Crippen molar-refractivity contribution in [3.05, 3.63) is 35.6 Å². The molecule has 0 radical (unpaired) electrons. The fourth-order valence-corrected chi connectivity index (χ4v) is 3.14. The molecule has 0 bridgehead atoms. The van der Waals surface area contributed by atoms with E-state index >= 15 is 0 Å². The van der Waals surface area contributed by atoms with E-state index in [0.29, 0.717) is 17.4 Å². The van der Waals surface area contributed by atoms with E-state index in [-0.39, 0.29) is 5.82 Å². The summed E-state index contributed by atoms with van der Waals surface area (Å²) < 4.78 is 13.0. The summed E-state index contributed by atoms with van der Waals surface area (Å²) in [5.74, 6) is 0.496. The molecule has 1 aromatic rings. The molecule has 2 nitrogen and oxygen atoms in total. The Morgan fingerprint density at radius 2 is 1.86 bits per heavy atom. The van der Waals surface area contributed by atoms with Crippen molar-refractivity contribution in [2.24, 2.45) is 11.3 Å². The van der Waals surface area contributed by atoms with Gasteiger partial charge in [-0.2, -0.15) is 0 Å². The predicted molar refractivity (Wildman–Crippen MR) is 87.0 cm³/mol. The van der Waals surface area contributed by atoms with Crippen molar-refractivity contribution in [1.82, 2.24) is 10.2 Å². The van der Waals surface area contributed by atoms with Crippen molar-refractivity contribution >= 4 is 0 Å². The van der Waals surface area contributed by atoms with Crippen LogP contribution in [0.15, 0.2) is 24.3 Å². The number of halogens is 1. The highest BCUT2D eigenvalue weighted by Gasteiger charge is 2.26. The molecule has 1 heterocycles. The van der Waals surface area contributed by atoms with E-state index in [1.165, 1.54) is 12.0 Å². The number of nitrogens with zero attached hydrogens (tertiary/aromatic N) is 1. The Morgan fingerprint density at radius 3 is 2.48 bits per heavy atom. The van der Waals surface area contributed by atoms with E-state index in [1.807, 2.05) is 12.1 Å². The maximum absolute atomic E-state index is 13.0. The second kappa shape index (κ2) is 6.89. The van der Waals surface area contributed by atoms with Gasteiger partial charge in [0.25, 0.3) is 0 Å². The van der Waals surface area contributed by atoms with Crippen LogP contribution < -0.4 is 5.32 Å². The second-order valence-corrected chi connectivity index (χ2v) is 7.79. The highest BCUT2D eigenvalue weighted by molar-refractivity contribution is 5.17. The fourth-order valence-electron chi connectivity index (χ4n) is 3.14. The van der Waals surface area contributed by atoms with Gasteiger partial charge in [0.1, 0.15) is 5.82 Å². The lowest BCUT2D eigenvalue weighted by atomic mass is 9.88. The van der Waals surface area contributed by atoms with Gasteiger partial charge in [-0.15, -0.1) is 0 Å². The minimum absolute atomic E-state index is 0.149. The van der Waals surface area contributed by atoms with Crippen LogP contribution in [0.4, 0.5) is 4.39 Å². The van der Waals surface area contributed by atoms with E-state index < -0.39 is 0 Å². The molecule has 3 heteroatoms. The number of likely N-dealkylation sites (N-methyl/N-ethyl adjacent to an activating group) is 1. The van der Waals surface area contributed by atoms with Gasteiger partial charge in [0, 0.05) is 25.7 Å². The van der Waals surface area contributed by atoms with E-state index in [4.69, 9.17) is 0 Å². The Labute approximate surface area is 128 Å². The zero-order chi connectivity index (χ0) is 15.5. The zero-order valence-corrected chi connectivity index (χ0v) is 13.8. The van der Waals surface area contributed by atoms with Gasteiger partial charge in [-0.25, -0.2) is 4.39 Å². The summed E-state index contributed by atoms with van der Waals surface area (Å²) in [7, 11) is 2.20. The Morgan fingerprint density at radius 1 is 1.19 bits per heavy atom. The molecule has 0 aromatic heterocycles. The molecule has 2 unspecified atom stereocenters. The van der Waals surface area contributed by atoms with Crippen LogP contribution in [0.1, 0.15) is 32.8 Å². The van der Waals surface area contributed by atoms with E-state index in [1.54, 1.807) is 12.1 Å². The van der Waals surface area contributed by atoms with E-state index in [2.05, 4.69) is 38.0 Å². The van der Waals surface area contributed by atoms with Crippen LogP contribution in [0, 0.1) is 17.2 Å². The van der Waals surface area contributed by atoms with Gasteiger partial charge in [0.2, 0.25) is 0 Å². The third-order valence-corrected chi connectivity index (χ3v) is 4.08. The van der Waals surface area contributed by atoms with Gasteiger partial charge in [-0.3, -0.25) is 0 Å². The number of nitrogens with one attached hydrogen (secondary N) is 1. The van der Waals surface area contributed by atoms with Crippen molar-refractivity contribution in [3.8, 4) is 0 Å². The average molecular weight is 292 g/mol. The summed E-state index contributed by atoms with van der Waals surface area (Å²) in [6, 6.07) is 7.53. The molecule has 1 aliphatic rings. The molecule has 1 aromatic carbocycles. The molecule has 1 aliphatic heterocycles. The molecule has 0 amide bonds. The van der Waals surface area contributed by atoms with Gasteiger partial charge >= 0.3 is 0 Å². The average Bonchev–Trinajstić information content (AvgIpc) is 2.38. The molecule has 1 saturated heterocycles. The predicted octanol–water partition coefficient (Wildman–Crippen LogP) is 3.32. The van der Waals surface area contributed by atoms with Crippen LogP contribution in [-0.4, -0.2) is 37.6 Å². The first-order chi connectivity index (χ1) is 9.82. The lowest BCUT2D eigenvalue weighted by molar-refractivity contribution is 0.161. The van der Waals surface area contributed by atoms with Crippen LogP contribution in [0.25, 0.3) is 0 Å². The normalized spacial score (nSPS) is 24.2. The summed E-state index contributed by atoms with van der Waals surface area (Å²) in [4.78, 5) is 2.41. The Kier molecular flexibility index (Phi) is 5.39. The van der Waals surface area contributed by atoms with Crippen molar-refractivity contribution < 1.29 is 4.39 Å². The minimum atomic E-state index is -0.149. The Bertz CT molecular complexity index is 436. The van der Waals surface area contributed by atoms with Gasteiger partial charge in [0.05, 0.1) is 0 Å². The Hall–Kier alpha value is -0.930. The minimum Gasteiger partial charge on any atom is -0.312 e. The third kappa shape index (κ3) is 5.76. The summed E-state index contributed by atoms with van der Waals surface area (Å²) >= 11 is 0. The summed E-state index contributed by atoms with van der Waals surface area (Å²) in [5.41, 5.74) is 1.56. The summed E-state index contributed by atoms with van der Waals surface area (Å²) in [6.45, 7) is 10.1. The van der Waals surface area contributed by atoms with Crippen molar-refractivity contribution in [1.29, 1.82) is 0 Å². The molecular weight excluding hydrogens is 263 g/mol. The molecule has 1 N–H and O–H groups in total. The number of benzene rings is 1. The first-order valence-electron chi connectivity index (χ1n) is 7.98. The second-order valence-electron chi connectivity index (χ2n) is 7.79. The molecule has 118 valence electrons. The largest absolute Gasteiger partial charge is 0.312 e. The Balaban J connectivity index is 1.89. The first-order valence-corrected chi connectivity index (χ1v) is 7.98. The number of likely N-dealkylation sites (tertiary alicyclic amines) is 1. The van der Waals surface area contributed by atoms with Gasteiger partial charge in [-0.1, -0.05) is 32.9 Å². The van der Waals surface area contributed by atoms with Crippen LogP contribution in [-0.2, 0) is 6.42 Å². The fraction of sp³-hybridized carbons (Fsp3) is 0.667. The first kappa shape index (κ1) is 16.4. The maximum atomic E-state index is 13.0. The summed E-state index contributed by atoms with van der Waals surface area (Å²) in [5, 5.41) is 3.72. The van der Waals surface area contributed by atoms with Crippen LogP contribution in [0.2, 0.25) is 0 Å². The monoisotopic (exact) mass is 292 g/mol. The molecule has 0 saturated carbocycles. The molecule has 2 rings (SSSR count). The quantitative estimate of drug-likeness (QED) is 0.916. The van der Waals surface area contributed by atoms with Crippen molar-refractivity contribution in [3.63, 3.8) is 0 Å². The highest BCUT2D eigenvalue weighted by atomic mass is 19.1. The van der Waals surface area contributed by atoms with Crippen LogP contribution in [0.3, 0.4) is 0 Å². The van der Waals surface area contributed by atoms with Crippen LogP contribution in [0.5, 0.6) is 0 Å². The van der Waals surface area contributed by atoms with Crippen molar-refractivity contribution in [2.45, 2.75) is 39.7 Å². The number of rotatable bonds is 4.